The minimum Gasteiger partial charge on any atom is -0.312 e. The summed E-state index contributed by atoms with van der Waals surface area (Å²) in [5, 5.41) is 0. The van der Waals surface area contributed by atoms with Crippen LogP contribution in [0.5, 0.6) is 0 Å². The van der Waals surface area contributed by atoms with Crippen molar-refractivity contribution in [3.63, 3.8) is 0 Å². The average Bonchev–Trinajstić information content (AvgIpc) is 2.54. The van der Waals surface area contributed by atoms with E-state index in [1.165, 1.54) is 22.3 Å². The molecule has 0 saturated heterocycles. The molecule has 2 rings (SSSR count). The van der Waals surface area contributed by atoms with Crippen molar-refractivity contribution in [3.8, 4) is 0 Å². The fourth-order valence-electron chi connectivity index (χ4n) is 2.65. The Bertz CT molecular complexity index is 736. The summed E-state index contributed by atoms with van der Waals surface area (Å²) in [6.45, 7) is 10.5. The molecule has 0 amide bonds. The Morgan fingerprint density at radius 3 is 2.74 bits per heavy atom. The van der Waals surface area contributed by atoms with E-state index < -0.39 is 0 Å². The largest absolute Gasteiger partial charge is 0.312 e. The first kappa shape index (κ1) is 17.5. The van der Waals surface area contributed by atoms with Crippen molar-refractivity contribution < 1.29 is 0 Å². The van der Waals surface area contributed by atoms with Gasteiger partial charge in [0.15, 0.2) is 0 Å². The van der Waals surface area contributed by atoms with E-state index in [0.717, 1.165) is 22.3 Å². The summed E-state index contributed by atoms with van der Waals surface area (Å²) in [6.07, 6.45) is 9.09. The first-order valence-electron chi connectivity index (χ1n) is 7.74. The van der Waals surface area contributed by atoms with Crippen LogP contribution < -0.4 is 0 Å². The smallest absolute Gasteiger partial charge is 0.0927 e. The first-order chi connectivity index (χ1) is 11.0. The molecule has 1 aromatic rings. The Morgan fingerprint density at radius 2 is 2.13 bits per heavy atom. The van der Waals surface area contributed by atoms with Crippen molar-refractivity contribution in [2.24, 2.45) is 4.99 Å². The summed E-state index contributed by atoms with van der Waals surface area (Å²) < 4.78 is 1.02. The van der Waals surface area contributed by atoms with Gasteiger partial charge < -0.3 is 4.90 Å². The third-order valence-corrected chi connectivity index (χ3v) is 4.88. The van der Waals surface area contributed by atoms with E-state index in [0.29, 0.717) is 0 Å². The molecule has 1 aliphatic heterocycles. The van der Waals surface area contributed by atoms with E-state index in [2.05, 4.69) is 89.7 Å². The number of halogens is 1. The Kier molecular flexibility index (Phi) is 5.78. The van der Waals surface area contributed by atoms with Gasteiger partial charge in [0.1, 0.15) is 0 Å². The van der Waals surface area contributed by atoms with Gasteiger partial charge in [-0.2, -0.15) is 0 Å². The predicted molar refractivity (Wildman–Crippen MR) is 105 cm³/mol. The second-order valence-electron chi connectivity index (χ2n) is 5.64. The van der Waals surface area contributed by atoms with Gasteiger partial charge in [0.05, 0.1) is 4.61 Å². The van der Waals surface area contributed by atoms with Crippen LogP contribution in [0.4, 0.5) is 0 Å². The van der Waals surface area contributed by atoms with E-state index >= 15 is 0 Å². The van der Waals surface area contributed by atoms with Crippen molar-refractivity contribution >= 4 is 27.7 Å². The molecule has 0 fully saturated rings. The lowest BCUT2D eigenvalue weighted by Crippen LogP contribution is -2.14. The lowest BCUT2D eigenvalue weighted by Gasteiger charge is -2.26. The van der Waals surface area contributed by atoms with Crippen LogP contribution in [-0.4, -0.2) is 18.2 Å². The molecule has 0 aliphatic carbocycles. The maximum absolute atomic E-state index is 4.14. The van der Waals surface area contributed by atoms with Gasteiger partial charge in [-0.05, 0) is 82.3 Å². The molecule has 0 bridgehead atoms. The second-order valence-corrected chi connectivity index (χ2v) is 6.39. The Hall–Kier alpha value is -1.87. The number of hydrogen-bond donors (Lipinski definition) is 0. The molecular weight excluding hydrogens is 348 g/mol. The lowest BCUT2D eigenvalue weighted by atomic mass is 9.97. The standard InChI is InChI=1S/C20H23BrN2/c1-6-18-12-17(13-22-5)7-8-19(18)16(4)20(21)23-10-9-14(2)11-15(23)3/h7-13H,3,6H2,1-2,4-5H3/b20-16+,22-13?. The van der Waals surface area contributed by atoms with Gasteiger partial charge in [0.25, 0.3) is 0 Å². The van der Waals surface area contributed by atoms with Gasteiger partial charge in [-0.1, -0.05) is 25.6 Å². The Balaban J connectivity index is 2.44. The SMILES string of the molecule is C=C1C=C(C)C=CN1/C(Br)=C(\C)c1ccc(C=NC)cc1CC. The van der Waals surface area contributed by atoms with Crippen LogP contribution in [-0.2, 0) is 6.42 Å². The van der Waals surface area contributed by atoms with Crippen LogP contribution >= 0.6 is 15.9 Å². The summed E-state index contributed by atoms with van der Waals surface area (Å²) in [6, 6.07) is 6.48. The maximum Gasteiger partial charge on any atom is 0.0927 e. The Labute approximate surface area is 147 Å². The van der Waals surface area contributed by atoms with Gasteiger partial charge >= 0.3 is 0 Å². The lowest BCUT2D eigenvalue weighted by molar-refractivity contribution is 0.636. The highest BCUT2D eigenvalue weighted by Gasteiger charge is 2.15. The van der Waals surface area contributed by atoms with Gasteiger partial charge in [-0.25, -0.2) is 0 Å². The fraction of sp³-hybridized carbons (Fsp3) is 0.250. The zero-order chi connectivity index (χ0) is 17.0. The molecule has 1 aliphatic rings. The molecule has 120 valence electrons. The number of aliphatic imine (C=N–C) groups is 1. The molecule has 23 heavy (non-hydrogen) atoms. The van der Waals surface area contributed by atoms with Crippen molar-refractivity contribution in [1.29, 1.82) is 0 Å². The number of benzene rings is 1. The molecule has 0 radical (unpaired) electrons. The molecule has 2 nitrogen and oxygen atoms in total. The zero-order valence-corrected chi connectivity index (χ0v) is 15.8. The second kappa shape index (κ2) is 7.60. The molecule has 0 saturated carbocycles. The fourth-order valence-corrected chi connectivity index (χ4v) is 3.21. The van der Waals surface area contributed by atoms with E-state index in [1.807, 2.05) is 6.21 Å². The number of nitrogens with zero attached hydrogens (tertiary/aromatic N) is 2. The first-order valence-corrected chi connectivity index (χ1v) is 8.53. The molecule has 0 atom stereocenters. The molecule has 0 spiro atoms. The minimum atomic E-state index is 0.962. The molecule has 0 N–H and O–H groups in total. The van der Waals surface area contributed by atoms with Gasteiger partial charge in [0.2, 0.25) is 0 Å². The molecule has 1 aromatic carbocycles. The molecule has 0 aromatic heterocycles. The van der Waals surface area contributed by atoms with Crippen LogP contribution in [0.15, 0.2) is 64.0 Å². The number of rotatable bonds is 4. The van der Waals surface area contributed by atoms with Crippen molar-refractivity contribution in [1.82, 2.24) is 4.90 Å². The summed E-state index contributed by atoms with van der Waals surface area (Å²) in [7, 11) is 1.80. The average molecular weight is 371 g/mol. The van der Waals surface area contributed by atoms with E-state index in [-0.39, 0.29) is 0 Å². The molecule has 0 unspecified atom stereocenters. The minimum absolute atomic E-state index is 0.962. The predicted octanol–water partition coefficient (Wildman–Crippen LogP) is 5.67. The third kappa shape index (κ3) is 3.91. The van der Waals surface area contributed by atoms with Crippen LogP contribution in [0.2, 0.25) is 0 Å². The van der Waals surface area contributed by atoms with Crippen molar-refractivity contribution in [2.45, 2.75) is 27.2 Å². The maximum atomic E-state index is 4.14. The Morgan fingerprint density at radius 1 is 1.39 bits per heavy atom. The van der Waals surface area contributed by atoms with Crippen molar-refractivity contribution in [2.75, 3.05) is 7.05 Å². The number of allylic oxidation sites excluding steroid dienone is 4. The van der Waals surface area contributed by atoms with Crippen LogP contribution in [0, 0.1) is 0 Å². The van der Waals surface area contributed by atoms with Crippen molar-refractivity contribution in [3.05, 3.63) is 75.7 Å². The molecule has 1 heterocycles. The highest BCUT2D eigenvalue weighted by molar-refractivity contribution is 9.11. The topological polar surface area (TPSA) is 15.6 Å². The van der Waals surface area contributed by atoms with E-state index in [4.69, 9.17) is 0 Å². The zero-order valence-electron chi connectivity index (χ0n) is 14.2. The van der Waals surface area contributed by atoms with Crippen LogP contribution in [0.1, 0.15) is 37.5 Å². The monoisotopic (exact) mass is 370 g/mol. The summed E-state index contributed by atoms with van der Waals surface area (Å²) in [4.78, 5) is 6.17. The van der Waals surface area contributed by atoms with Gasteiger partial charge in [-0.3, -0.25) is 4.99 Å². The number of aryl methyl sites for hydroxylation is 1. The van der Waals surface area contributed by atoms with Crippen LogP contribution in [0.3, 0.4) is 0 Å². The van der Waals surface area contributed by atoms with Gasteiger partial charge in [0, 0.05) is 25.2 Å². The van der Waals surface area contributed by atoms with Crippen LogP contribution in [0.25, 0.3) is 5.57 Å². The highest BCUT2D eigenvalue weighted by atomic mass is 79.9. The summed E-state index contributed by atoms with van der Waals surface area (Å²) >= 11 is 3.75. The normalized spacial score (nSPS) is 16.0. The summed E-state index contributed by atoms with van der Waals surface area (Å²) in [5.41, 5.74) is 7.07. The third-order valence-electron chi connectivity index (χ3n) is 3.90. The van der Waals surface area contributed by atoms with E-state index in [9.17, 15) is 0 Å². The molecule has 3 heteroatoms. The number of hydrogen-bond acceptors (Lipinski definition) is 2. The molecular formula is C20H23BrN2. The quantitative estimate of drug-likeness (QED) is 0.492. The summed E-state index contributed by atoms with van der Waals surface area (Å²) in [5.74, 6) is 0. The van der Waals surface area contributed by atoms with E-state index in [1.54, 1.807) is 7.05 Å². The highest BCUT2D eigenvalue weighted by Crippen LogP contribution is 2.32. The van der Waals surface area contributed by atoms with Gasteiger partial charge in [-0.15, -0.1) is 0 Å².